The fraction of sp³-hybridized carbons (Fsp3) is 0.238. The Morgan fingerprint density at radius 1 is 0.919 bits per heavy atom. The Bertz CT molecular complexity index is 1510. The average molecular weight is 549 g/mol. The molecular formula is C21H24N8O6S2. The quantitative estimate of drug-likeness (QED) is 0.202. The monoisotopic (exact) mass is 548 g/mol. The molecule has 3 aromatic rings. The van der Waals surface area contributed by atoms with Gasteiger partial charge in [0.2, 0.25) is 27.7 Å². The van der Waals surface area contributed by atoms with Gasteiger partial charge in [-0.15, -0.1) is 0 Å². The molecule has 1 heterocycles. The first kappa shape index (κ1) is 27.6. The number of anilines is 4. The summed E-state index contributed by atoms with van der Waals surface area (Å²) in [5.74, 6) is -0.0984. The number of nitrogens with zero attached hydrogens (tertiary/aromatic N) is 5. The van der Waals surface area contributed by atoms with E-state index in [-0.39, 0.29) is 40.0 Å². The highest BCUT2D eigenvalue weighted by molar-refractivity contribution is 7.91. The summed E-state index contributed by atoms with van der Waals surface area (Å²) in [5.41, 5.74) is 0.861. The minimum Gasteiger partial charge on any atom is -0.357 e. The van der Waals surface area contributed by atoms with Gasteiger partial charge in [0, 0.05) is 12.7 Å². The van der Waals surface area contributed by atoms with Gasteiger partial charge in [-0.25, -0.2) is 8.42 Å². The van der Waals surface area contributed by atoms with Crippen LogP contribution in [0.5, 0.6) is 0 Å². The summed E-state index contributed by atoms with van der Waals surface area (Å²) in [5, 5.41) is 14.3. The number of Topliss-reactive ketones (excluding diaryl/α,β-unsaturated/α-hetero) is 1. The van der Waals surface area contributed by atoms with Crippen molar-refractivity contribution in [2.45, 2.75) is 29.0 Å². The number of azo groups is 1. The van der Waals surface area contributed by atoms with Crippen molar-refractivity contribution >= 4 is 55.0 Å². The molecule has 2 aromatic carbocycles. The molecule has 3 rings (SSSR count). The second kappa shape index (κ2) is 11.4. The van der Waals surface area contributed by atoms with Crippen molar-refractivity contribution in [2.75, 3.05) is 29.5 Å². The Morgan fingerprint density at radius 2 is 1.46 bits per heavy atom. The third-order valence-corrected chi connectivity index (χ3v) is 7.48. The maximum absolute atomic E-state index is 13.0. The summed E-state index contributed by atoms with van der Waals surface area (Å²) in [7, 11) is -6.64. The molecule has 196 valence electrons. The van der Waals surface area contributed by atoms with Gasteiger partial charge >= 0.3 is 0 Å². The first-order valence-corrected chi connectivity index (χ1v) is 13.6. The van der Waals surface area contributed by atoms with E-state index in [1.165, 1.54) is 62.4 Å². The van der Waals surface area contributed by atoms with E-state index in [1.54, 1.807) is 7.05 Å². The van der Waals surface area contributed by atoms with E-state index < -0.39 is 25.3 Å². The molecular weight excluding hydrogens is 524 g/mol. The number of aromatic nitrogens is 3. The van der Waals surface area contributed by atoms with Crippen LogP contribution in [0.1, 0.15) is 13.8 Å². The zero-order valence-corrected chi connectivity index (χ0v) is 21.6. The number of nitrogens with one attached hydrogen (secondary N) is 3. The van der Waals surface area contributed by atoms with E-state index >= 15 is 0 Å². The normalized spacial score (nSPS) is 12.8. The zero-order chi connectivity index (χ0) is 27.2. The molecule has 0 aliphatic carbocycles. The van der Waals surface area contributed by atoms with Crippen molar-refractivity contribution in [3.8, 4) is 0 Å². The van der Waals surface area contributed by atoms with Crippen LogP contribution in [0, 0.1) is 0 Å². The summed E-state index contributed by atoms with van der Waals surface area (Å²) < 4.78 is 57.7. The average Bonchev–Trinajstić information content (AvgIpc) is 2.83. The molecule has 0 saturated heterocycles. The third kappa shape index (κ3) is 7.48. The third-order valence-electron chi connectivity index (χ3n) is 4.69. The lowest BCUT2D eigenvalue weighted by Crippen LogP contribution is -2.27. The number of sulfone groups is 1. The van der Waals surface area contributed by atoms with Gasteiger partial charge in [-0.1, -0.05) is 0 Å². The molecule has 37 heavy (non-hydrogen) atoms. The van der Waals surface area contributed by atoms with Crippen molar-refractivity contribution in [3.63, 3.8) is 0 Å². The summed E-state index contributed by atoms with van der Waals surface area (Å²) in [6, 6.07) is 11.6. The van der Waals surface area contributed by atoms with Gasteiger partial charge in [-0.05, 0) is 62.4 Å². The summed E-state index contributed by atoms with van der Waals surface area (Å²) in [4.78, 5) is 23.2. The van der Waals surface area contributed by atoms with Gasteiger partial charge in [0.25, 0.3) is 10.1 Å². The molecule has 4 N–H and O–H groups in total. The highest BCUT2D eigenvalue weighted by Gasteiger charge is 2.20. The van der Waals surface area contributed by atoms with E-state index in [0.717, 1.165) is 0 Å². The van der Waals surface area contributed by atoms with Gasteiger partial charge in [-0.2, -0.15) is 33.6 Å². The smallest absolute Gasteiger partial charge is 0.285 e. The second-order valence-electron chi connectivity index (χ2n) is 7.61. The highest BCUT2D eigenvalue weighted by atomic mass is 32.2. The molecule has 1 atom stereocenters. The maximum atomic E-state index is 13.0. The summed E-state index contributed by atoms with van der Waals surface area (Å²) >= 11 is 0. The van der Waals surface area contributed by atoms with Crippen LogP contribution in [0.3, 0.4) is 0 Å². The molecule has 0 aliphatic heterocycles. The SMILES string of the molecule is CNc1nc(Nc2ccc(S(=O)(=O)c3ccc(N=NCC(C)=O)cc3)cc2)nc(NC(C)S(=O)(=O)O)n1. The molecule has 16 heteroatoms. The lowest BCUT2D eigenvalue weighted by atomic mass is 10.3. The number of hydrogen-bond donors (Lipinski definition) is 4. The van der Waals surface area contributed by atoms with Crippen LogP contribution < -0.4 is 16.0 Å². The molecule has 1 aromatic heterocycles. The minimum atomic E-state index is -4.38. The Balaban J connectivity index is 1.77. The lowest BCUT2D eigenvalue weighted by Gasteiger charge is -2.13. The van der Waals surface area contributed by atoms with Crippen LogP contribution in [-0.2, 0) is 24.7 Å². The summed E-state index contributed by atoms with van der Waals surface area (Å²) in [6.07, 6.45) is 0. The van der Waals surface area contributed by atoms with Crippen molar-refractivity contribution < 1.29 is 26.2 Å². The second-order valence-corrected chi connectivity index (χ2v) is 11.3. The van der Waals surface area contributed by atoms with E-state index in [0.29, 0.717) is 11.4 Å². The number of carbonyl (C=O) groups excluding carboxylic acids is 1. The Morgan fingerprint density at radius 3 is 2.00 bits per heavy atom. The van der Waals surface area contributed by atoms with Gasteiger partial charge in [0.15, 0.2) is 11.2 Å². The molecule has 0 fully saturated rings. The molecule has 14 nitrogen and oxygen atoms in total. The van der Waals surface area contributed by atoms with E-state index in [4.69, 9.17) is 4.55 Å². The molecule has 0 spiro atoms. The van der Waals surface area contributed by atoms with E-state index in [1.807, 2.05) is 0 Å². The Labute approximate surface area is 213 Å². The molecule has 0 amide bonds. The molecule has 1 unspecified atom stereocenters. The fourth-order valence-corrected chi connectivity index (χ4v) is 4.27. The van der Waals surface area contributed by atoms with Crippen LogP contribution in [0.2, 0.25) is 0 Å². The summed E-state index contributed by atoms with van der Waals surface area (Å²) in [6.45, 7) is 2.56. The number of ketones is 1. The number of carbonyl (C=O) groups is 1. The van der Waals surface area contributed by atoms with Crippen molar-refractivity contribution in [3.05, 3.63) is 48.5 Å². The van der Waals surface area contributed by atoms with Gasteiger partial charge in [-0.3, -0.25) is 9.35 Å². The predicted molar refractivity (Wildman–Crippen MR) is 136 cm³/mol. The molecule has 0 radical (unpaired) electrons. The number of rotatable bonds is 11. The first-order valence-electron chi connectivity index (χ1n) is 10.6. The molecule has 0 bridgehead atoms. The standard InChI is InChI=1S/C21H24N8O6S2/c1-13(30)12-23-29-16-6-10-18(11-7-16)36(31,32)17-8-4-15(5-9-17)25-21-27-19(22-3)26-20(28-21)24-14(2)37(33,34)35/h4-11,14H,12H2,1-3H3,(H,33,34,35)(H3,22,24,25,26,27,28). The van der Waals surface area contributed by atoms with E-state index in [2.05, 4.69) is 41.1 Å². The number of benzene rings is 2. The van der Waals surface area contributed by atoms with Gasteiger partial charge in [0.05, 0.1) is 15.5 Å². The van der Waals surface area contributed by atoms with Crippen molar-refractivity contribution in [1.29, 1.82) is 0 Å². The molecule has 0 aliphatic rings. The Hall–Kier alpha value is -4.02. The highest BCUT2D eigenvalue weighted by Crippen LogP contribution is 2.25. The number of hydrogen-bond acceptors (Lipinski definition) is 13. The van der Waals surface area contributed by atoms with Crippen molar-refractivity contribution in [2.24, 2.45) is 10.2 Å². The van der Waals surface area contributed by atoms with Gasteiger partial charge < -0.3 is 16.0 Å². The zero-order valence-electron chi connectivity index (χ0n) is 19.9. The van der Waals surface area contributed by atoms with Crippen LogP contribution in [-0.4, -0.2) is 61.1 Å². The first-order chi connectivity index (χ1) is 17.4. The fourth-order valence-electron chi connectivity index (χ4n) is 2.76. The maximum Gasteiger partial charge on any atom is 0.285 e. The molecule has 0 saturated carbocycles. The van der Waals surface area contributed by atoms with Crippen molar-refractivity contribution in [1.82, 2.24) is 15.0 Å². The van der Waals surface area contributed by atoms with Crippen LogP contribution in [0.15, 0.2) is 68.6 Å². The van der Waals surface area contributed by atoms with Crippen LogP contribution in [0.4, 0.5) is 29.2 Å². The topological polar surface area (TPSA) is 205 Å². The van der Waals surface area contributed by atoms with Crippen LogP contribution >= 0.6 is 0 Å². The van der Waals surface area contributed by atoms with Crippen LogP contribution in [0.25, 0.3) is 0 Å². The van der Waals surface area contributed by atoms with Gasteiger partial charge in [0.1, 0.15) is 6.54 Å². The largest absolute Gasteiger partial charge is 0.357 e. The Kier molecular flexibility index (Phi) is 8.46. The predicted octanol–water partition coefficient (Wildman–Crippen LogP) is 2.81. The lowest BCUT2D eigenvalue weighted by molar-refractivity contribution is -0.115. The van der Waals surface area contributed by atoms with E-state index in [9.17, 15) is 21.6 Å². The minimum absolute atomic E-state index is 0.0366.